The van der Waals surface area contributed by atoms with Crippen LogP contribution in [0.5, 0.6) is 0 Å². The maximum atomic E-state index is 8.65. The molecule has 4 N–H and O–H groups in total. The average molecular weight is 238 g/mol. The van der Waals surface area contributed by atoms with Crippen LogP contribution in [-0.2, 0) is 6.42 Å². The quantitative estimate of drug-likeness (QED) is 0.599. The van der Waals surface area contributed by atoms with Gasteiger partial charge in [0.25, 0.3) is 0 Å². The maximum absolute atomic E-state index is 8.65. The number of rotatable bonds is 8. The molecule has 1 aromatic rings. The van der Waals surface area contributed by atoms with E-state index in [1.165, 1.54) is 6.33 Å². The van der Waals surface area contributed by atoms with Gasteiger partial charge >= 0.3 is 0 Å². The SMILES string of the molecule is CCc1c(N)ncnc1NCCCCCCO. The molecule has 0 aliphatic rings. The lowest BCUT2D eigenvalue weighted by Gasteiger charge is -2.10. The zero-order chi connectivity index (χ0) is 12.5. The molecular formula is C12H22N4O. The zero-order valence-electron chi connectivity index (χ0n) is 10.4. The normalized spacial score (nSPS) is 10.5. The first-order valence-corrected chi connectivity index (χ1v) is 6.23. The number of aromatic nitrogens is 2. The van der Waals surface area contributed by atoms with Gasteiger partial charge in [-0.25, -0.2) is 9.97 Å². The van der Waals surface area contributed by atoms with Crippen molar-refractivity contribution in [1.82, 2.24) is 9.97 Å². The topological polar surface area (TPSA) is 84.1 Å². The summed E-state index contributed by atoms with van der Waals surface area (Å²) in [6, 6.07) is 0. The minimum Gasteiger partial charge on any atom is -0.396 e. The number of hydrogen-bond donors (Lipinski definition) is 3. The molecule has 96 valence electrons. The molecule has 1 heterocycles. The highest BCUT2D eigenvalue weighted by Crippen LogP contribution is 2.17. The van der Waals surface area contributed by atoms with Crippen LogP contribution in [0.25, 0.3) is 0 Å². The number of hydrogen-bond acceptors (Lipinski definition) is 5. The fourth-order valence-electron chi connectivity index (χ4n) is 1.72. The first kappa shape index (κ1) is 13.7. The van der Waals surface area contributed by atoms with Crippen molar-refractivity contribution in [2.75, 3.05) is 24.2 Å². The Morgan fingerprint density at radius 2 is 2.00 bits per heavy atom. The summed E-state index contributed by atoms with van der Waals surface area (Å²) in [5.74, 6) is 1.41. The third-order valence-electron chi connectivity index (χ3n) is 2.71. The van der Waals surface area contributed by atoms with E-state index in [0.29, 0.717) is 5.82 Å². The van der Waals surface area contributed by atoms with Crippen LogP contribution < -0.4 is 11.1 Å². The molecule has 0 aliphatic carbocycles. The predicted octanol–water partition coefficient (Wildman–Crippen LogP) is 1.59. The minimum atomic E-state index is 0.288. The zero-order valence-corrected chi connectivity index (χ0v) is 10.4. The van der Waals surface area contributed by atoms with Gasteiger partial charge in [-0.05, 0) is 19.3 Å². The van der Waals surface area contributed by atoms with Crippen molar-refractivity contribution >= 4 is 11.6 Å². The van der Waals surface area contributed by atoms with E-state index in [-0.39, 0.29) is 6.61 Å². The molecule has 17 heavy (non-hydrogen) atoms. The number of unbranched alkanes of at least 4 members (excludes halogenated alkanes) is 3. The number of nitrogens with one attached hydrogen (secondary N) is 1. The molecule has 0 bridgehead atoms. The summed E-state index contributed by atoms with van der Waals surface area (Å²) in [6.45, 7) is 3.21. The highest BCUT2D eigenvalue weighted by Gasteiger charge is 2.05. The molecule has 0 saturated carbocycles. The molecule has 0 amide bonds. The van der Waals surface area contributed by atoms with Crippen LogP contribution in [0.3, 0.4) is 0 Å². The van der Waals surface area contributed by atoms with E-state index in [9.17, 15) is 0 Å². The summed E-state index contributed by atoms with van der Waals surface area (Å²) in [6.07, 6.45) is 6.48. The van der Waals surface area contributed by atoms with Gasteiger partial charge in [0, 0.05) is 18.7 Å². The summed E-state index contributed by atoms with van der Waals surface area (Å²) in [4.78, 5) is 8.18. The summed E-state index contributed by atoms with van der Waals surface area (Å²) in [5.41, 5.74) is 6.77. The van der Waals surface area contributed by atoms with Crippen LogP contribution >= 0.6 is 0 Å². The Morgan fingerprint density at radius 3 is 2.71 bits per heavy atom. The van der Waals surface area contributed by atoms with Gasteiger partial charge in [0.05, 0.1) is 0 Å². The second-order valence-corrected chi connectivity index (χ2v) is 4.00. The molecule has 5 heteroatoms. The predicted molar refractivity (Wildman–Crippen MR) is 69.9 cm³/mol. The fraction of sp³-hybridized carbons (Fsp3) is 0.667. The molecule has 5 nitrogen and oxygen atoms in total. The molecule has 0 fully saturated rings. The van der Waals surface area contributed by atoms with Crippen molar-refractivity contribution in [3.05, 3.63) is 11.9 Å². The Balaban J connectivity index is 2.33. The van der Waals surface area contributed by atoms with Gasteiger partial charge < -0.3 is 16.2 Å². The molecule has 0 unspecified atom stereocenters. The van der Waals surface area contributed by atoms with Crippen LogP contribution in [0.1, 0.15) is 38.2 Å². The van der Waals surface area contributed by atoms with Crippen LogP contribution in [-0.4, -0.2) is 28.2 Å². The Bertz CT molecular complexity index is 330. The van der Waals surface area contributed by atoms with Crippen LogP contribution in [0.4, 0.5) is 11.6 Å². The summed E-state index contributed by atoms with van der Waals surface area (Å²) < 4.78 is 0. The van der Waals surface area contributed by atoms with Crippen molar-refractivity contribution < 1.29 is 5.11 Å². The third kappa shape index (κ3) is 4.56. The van der Waals surface area contributed by atoms with E-state index in [1.807, 2.05) is 6.92 Å². The maximum Gasteiger partial charge on any atom is 0.134 e. The molecule has 0 saturated heterocycles. The highest BCUT2D eigenvalue weighted by molar-refractivity contribution is 5.54. The third-order valence-corrected chi connectivity index (χ3v) is 2.71. The van der Waals surface area contributed by atoms with E-state index < -0.39 is 0 Å². The van der Waals surface area contributed by atoms with Gasteiger partial charge in [-0.2, -0.15) is 0 Å². The Kier molecular flexibility index (Phi) is 6.32. The second-order valence-electron chi connectivity index (χ2n) is 4.00. The average Bonchev–Trinajstić information content (AvgIpc) is 2.34. The minimum absolute atomic E-state index is 0.288. The monoisotopic (exact) mass is 238 g/mol. The van der Waals surface area contributed by atoms with Gasteiger partial charge in [-0.1, -0.05) is 19.8 Å². The lowest BCUT2D eigenvalue weighted by molar-refractivity contribution is 0.283. The van der Waals surface area contributed by atoms with Crippen molar-refractivity contribution in [3.63, 3.8) is 0 Å². The molecular weight excluding hydrogens is 216 g/mol. The Morgan fingerprint density at radius 1 is 1.24 bits per heavy atom. The van der Waals surface area contributed by atoms with Gasteiger partial charge in [0.15, 0.2) is 0 Å². The lowest BCUT2D eigenvalue weighted by atomic mass is 10.2. The number of anilines is 2. The Labute approximate surface area is 102 Å². The van der Waals surface area contributed by atoms with Crippen molar-refractivity contribution in [2.45, 2.75) is 39.0 Å². The van der Waals surface area contributed by atoms with Crippen LogP contribution in [0, 0.1) is 0 Å². The van der Waals surface area contributed by atoms with Crippen molar-refractivity contribution in [1.29, 1.82) is 0 Å². The summed E-state index contributed by atoms with van der Waals surface area (Å²) in [7, 11) is 0. The second kappa shape index (κ2) is 7.84. The first-order valence-electron chi connectivity index (χ1n) is 6.23. The summed E-state index contributed by atoms with van der Waals surface area (Å²) >= 11 is 0. The largest absolute Gasteiger partial charge is 0.396 e. The number of nitrogen functional groups attached to an aromatic ring is 1. The highest BCUT2D eigenvalue weighted by atomic mass is 16.2. The van der Waals surface area contributed by atoms with E-state index in [1.54, 1.807) is 0 Å². The molecule has 0 radical (unpaired) electrons. The molecule has 1 aromatic heterocycles. The fourth-order valence-corrected chi connectivity index (χ4v) is 1.72. The van der Waals surface area contributed by atoms with Gasteiger partial charge in [0.1, 0.15) is 18.0 Å². The lowest BCUT2D eigenvalue weighted by Crippen LogP contribution is -2.09. The van der Waals surface area contributed by atoms with E-state index in [0.717, 1.165) is 50.0 Å². The van der Waals surface area contributed by atoms with E-state index in [4.69, 9.17) is 10.8 Å². The van der Waals surface area contributed by atoms with Gasteiger partial charge in [-0.3, -0.25) is 0 Å². The van der Waals surface area contributed by atoms with Crippen LogP contribution in [0.2, 0.25) is 0 Å². The number of aliphatic hydroxyl groups excluding tert-OH is 1. The first-order chi connectivity index (χ1) is 8.29. The number of nitrogens with zero attached hydrogens (tertiary/aromatic N) is 2. The molecule has 1 rings (SSSR count). The summed E-state index contributed by atoms with van der Waals surface area (Å²) in [5, 5.41) is 11.9. The number of nitrogens with two attached hydrogens (primary N) is 1. The van der Waals surface area contributed by atoms with Gasteiger partial charge in [-0.15, -0.1) is 0 Å². The molecule has 0 atom stereocenters. The van der Waals surface area contributed by atoms with E-state index >= 15 is 0 Å². The molecule has 0 aliphatic heterocycles. The van der Waals surface area contributed by atoms with Crippen molar-refractivity contribution in [3.8, 4) is 0 Å². The molecule has 0 aromatic carbocycles. The Hall–Kier alpha value is -1.36. The standard InChI is InChI=1S/C12H22N4O/c1-2-10-11(13)15-9-16-12(10)14-7-5-3-4-6-8-17/h9,17H,2-8H2,1H3,(H3,13,14,15,16). The van der Waals surface area contributed by atoms with Crippen LogP contribution in [0.15, 0.2) is 6.33 Å². The van der Waals surface area contributed by atoms with Crippen molar-refractivity contribution in [2.24, 2.45) is 0 Å². The smallest absolute Gasteiger partial charge is 0.134 e. The number of aliphatic hydroxyl groups is 1. The van der Waals surface area contributed by atoms with E-state index in [2.05, 4.69) is 15.3 Å². The van der Waals surface area contributed by atoms with Gasteiger partial charge in [0.2, 0.25) is 0 Å². The molecule has 0 spiro atoms.